The molecule has 0 radical (unpaired) electrons. The van der Waals surface area contributed by atoms with Crippen molar-refractivity contribution in [2.45, 2.75) is 12.8 Å². The Morgan fingerprint density at radius 2 is 1.12 bits per heavy atom. The molecule has 0 spiro atoms. The zero-order valence-corrected chi connectivity index (χ0v) is 28.8. The summed E-state index contributed by atoms with van der Waals surface area (Å²) in [6.07, 6.45) is 1.26. The molecule has 0 aromatic heterocycles. The largest absolute Gasteiger partial charge is 0.492 e. The van der Waals surface area contributed by atoms with Crippen LogP contribution in [-0.4, -0.2) is 87.0 Å². The molecule has 2 aromatic rings. The van der Waals surface area contributed by atoms with E-state index in [1.54, 1.807) is 32.4 Å². The Labute approximate surface area is 298 Å². The van der Waals surface area contributed by atoms with Crippen molar-refractivity contribution in [3.05, 3.63) is 88.9 Å². The molecule has 4 heterocycles. The molecule has 16 nitrogen and oxygen atoms in total. The van der Waals surface area contributed by atoms with E-state index >= 15 is 0 Å². The summed E-state index contributed by atoms with van der Waals surface area (Å²) in [5.74, 6) is -0.297. The molecule has 0 unspecified atom stereocenters. The molecule has 4 aliphatic heterocycles. The molecule has 0 bridgehead atoms. The predicted molar refractivity (Wildman–Crippen MR) is 186 cm³/mol. The van der Waals surface area contributed by atoms with Crippen molar-refractivity contribution in [3.8, 4) is 34.4 Å². The highest BCUT2D eigenvalue weighted by Gasteiger charge is 2.17. The van der Waals surface area contributed by atoms with E-state index in [2.05, 4.69) is 15.0 Å². The second-order valence-corrected chi connectivity index (χ2v) is 11.3. The number of hydrogen-bond donors (Lipinski definition) is 2. The average molecular weight is 745 g/mol. The van der Waals surface area contributed by atoms with Gasteiger partial charge < -0.3 is 37.3 Å². The van der Waals surface area contributed by atoms with Gasteiger partial charge in [0.2, 0.25) is 11.8 Å². The molecule has 52 heavy (non-hydrogen) atoms. The summed E-state index contributed by atoms with van der Waals surface area (Å²) in [6, 6.07) is 8.79. The molecule has 0 saturated heterocycles. The summed E-state index contributed by atoms with van der Waals surface area (Å²) in [4.78, 5) is 57.7. The van der Waals surface area contributed by atoms with Gasteiger partial charge in [0.15, 0.2) is 11.6 Å². The Kier molecular flexibility index (Phi) is 13.4. The third-order valence-electron chi connectivity index (χ3n) is 7.18. The van der Waals surface area contributed by atoms with E-state index in [0.717, 1.165) is 0 Å². The minimum absolute atomic E-state index is 0.00433. The lowest BCUT2D eigenvalue weighted by molar-refractivity contribution is 0.0642. The second-order valence-electron chi connectivity index (χ2n) is 10.9. The zero-order valence-electron chi connectivity index (χ0n) is 28.1. The monoisotopic (exact) mass is 744 g/mol. The number of ether oxygens (including phenoxy) is 6. The Morgan fingerprint density at radius 1 is 0.635 bits per heavy atom. The van der Waals surface area contributed by atoms with Crippen LogP contribution in [0.5, 0.6) is 11.5 Å². The summed E-state index contributed by atoms with van der Waals surface area (Å²) in [5.41, 5.74) is -1.86. The number of nitrogens with one attached hydrogen (secondary N) is 2. The Morgan fingerprint density at radius 3 is 1.63 bits per heavy atom. The summed E-state index contributed by atoms with van der Waals surface area (Å²) in [6.45, 7) is 3.76. The van der Waals surface area contributed by atoms with Gasteiger partial charge in [0.25, 0.3) is 11.1 Å². The lowest BCUT2D eigenvalue weighted by atomic mass is 10.1. The van der Waals surface area contributed by atoms with Gasteiger partial charge in [-0.3, -0.25) is 19.6 Å². The molecule has 0 amide bonds. The van der Waals surface area contributed by atoms with Gasteiger partial charge in [-0.15, -0.1) is 0 Å². The highest BCUT2D eigenvalue weighted by molar-refractivity contribution is 6.32. The number of methoxy groups -OCH3 is 2. The van der Waals surface area contributed by atoms with Crippen molar-refractivity contribution >= 4 is 33.5 Å². The molecular formula is C34H34ClFN4O12. The first-order valence-electron chi connectivity index (χ1n) is 15.9. The molecule has 276 valence electrons. The number of hydrogen-bond acceptors (Lipinski definition) is 14. The van der Waals surface area contributed by atoms with Crippen LogP contribution >= 0.6 is 11.6 Å². The number of halogens is 2. The van der Waals surface area contributed by atoms with E-state index in [9.17, 15) is 23.6 Å². The van der Waals surface area contributed by atoms with Crippen molar-refractivity contribution in [2.24, 2.45) is 0 Å². The SMILES string of the molecule is COCCOCCCOc1cc2oc3nc(=O)[nH]c(=O)c-3cc2cc1Cl.COCCOCCCOc1cc2oc3nc(=O)[nH]c(=O)c-3cc2cc1F. The molecule has 18 heteroatoms. The van der Waals surface area contributed by atoms with Crippen LogP contribution in [0.1, 0.15) is 12.8 Å². The van der Waals surface area contributed by atoms with E-state index in [1.807, 2.05) is 4.98 Å². The zero-order chi connectivity index (χ0) is 37.0. The maximum atomic E-state index is 14.2. The number of nitrogens with zero attached hydrogens (tertiary/aromatic N) is 2. The van der Waals surface area contributed by atoms with Crippen LogP contribution in [0, 0.1) is 5.82 Å². The van der Waals surface area contributed by atoms with E-state index in [-0.39, 0.29) is 40.8 Å². The summed E-state index contributed by atoms with van der Waals surface area (Å²) >= 11 is 6.23. The maximum Gasteiger partial charge on any atom is 0.351 e. The van der Waals surface area contributed by atoms with Crippen LogP contribution < -0.4 is 32.0 Å². The van der Waals surface area contributed by atoms with Gasteiger partial charge in [-0.25, -0.2) is 14.0 Å². The van der Waals surface area contributed by atoms with Crippen LogP contribution in [0.15, 0.2) is 64.4 Å². The maximum absolute atomic E-state index is 14.2. The normalized spacial score (nSPS) is 11.3. The molecule has 6 rings (SSSR count). The molecule has 2 aromatic carbocycles. The molecule has 4 aliphatic rings. The summed E-state index contributed by atoms with van der Waals surface area (Å²) in [5, 5.41) is 1.34. The van der Waals surface area contributed by atoms with Crippen LogP contribution in [0.2, 0.25) is 5.02 Å². The van der Waals surface area contributed by atoms with Gasteiger partial charge in [0, 0.05) is 63.2 Å². The van der Waals surface area contributed by atoms with Crippen LogP contribution in [0.4, 0.5) is 4.39 Å². The molecule has 0 fully saturated rings. The number of benzene rings is 2. The Bertz CT molecular complexity index is 2130. The minimum Gasteiger partial charge on any atom is -0.492 e. The number of rotatable bonds is 16. The highest BCUT2D eigenvalue weighted by atomic mass is 35.5. The van der Waals surface area contributed by atoms with Gasteiger partial charge in [-0.05, 0) is 24.3 Å². The summed E-state index contributed by atoms with van der Waals surface area (Å²) < 4.78 is 56.7. The smallest absolute Gasteiger partial charge is 0.351 e. The quantitative estimate of drug-likeness (QED) is 0.107. The lowest BCUT2D eigenvalue weighted by Crippen LogP contribution is -2.24. The minimum atomic E-state index is -0.808. The van der Waals surface area contributed by atoms with Gasteiger partial charge in [-0.1, -0.05) is 11.6 Å². The number of aromatic amines is 2. The molecular weight excluding hydrogens is 711 g/mol. The first kappa shape index (κ1) is 38.0. The molecule has 0 aliphatic carbocycles. The van der Waals surface area contributed by atoms with Gasteiger partial charge in [-0.2, -0.15) is 9.97 Å². The summed E-state index contributed by atoms with van der Waals surface area (Å²) in [7, 11) is 3.21. The fourth-order valence-electron chi connectivity index (χ4n) is 4.71. The van der Waals surface area contributed by atoms with E-state index in [0.29, 0.717) is 86.2 Å². The molecule has 2 N–H and O–H groups in total. The van der Waals surface area contributed by atoms with Crippen LogP contribution in [0.25, 0.3) is 44.8 Å². The Balaban J connectivity index is 0.000000201. The van der Waals surface area contributed by atoms with Crippen molar-refractivity contribution in [3.63, 3.8) is 0 Å². The fourth-order valence-corrected chi connectivity index (χ4v) is 4.94. The first-order valence-corrected chi connectivity index (χ1v) is 16.3. The third kappa shape index (κ3) is 9.98. The number of aromatic nitrogens is 4. The number of fused-ring (bicyclic) bond motifs is 4. The van der Waals surface area contributed by atoms with E-state index < -0.39 is 28.3 Å². The van der Waals surface area contributed by atoms with E-state index in [1.165, 1.54) is 18.2 Å². The van der Waals surface area contributed by atoms with Crippen molar-refractivity contribution in [1.82, 2.24) is 19.9 Å². The standard InChI is InChI=1S/C17H17ClN2O6.C17H17FN2O6/c2*1-23-5-6-24-3-2-4-25-14-9-13-10(8-12(14)18)7-11-15(21)19-17(22)20-16(11)26-13/h2*7-9H,2-6H2,1H3,(H,19,21,22). The third-order valence-corrected chi connectivity index (χ3v) is 7.48. The van der Waals surface area contributed by atoms with Gasteiger partial charge in [0.05, 0.1) is 44.7 Å². The predicted octanol–water partition coefficient (Wildman–Crippen LogP) is 3.62. The molecule has 0 atom stereocenters. The fraction of sp³-hybridized carbons (Fsp3) is 0.353. The number of H-pyrrole nitrogens is 2. The van der Waals surface area contributed by atoms with Gasteiger partial charge in [0.1, 0.15) is 28.0 Å². The van der Waals surface area contributed by atoms with Crippen molar-refractivity contribution in [2.75, 3.05) is 67.1 Å². The van der Waals surface area contributed by atoms with Crippen molar-refractivity contribution in [1.29, 1.82) is 0 Å². The molecule has 0 saturated carbocycles. The van der Waals surface area contributed by atoms with Crippen LogP contribution in [-0.2, 0) is 18.9 Å². The van der Waals surface area contributed by atoms with Crippen molar-refractivity contribution < 1.29 is 41.6 Å². The lowest BCUT2D eigenvalue weighted by Gasteiger charge is -2.10. The first-order chi connectivity index (χ1) is 25.2. The highest BCUT2D eigenvalue weighted by Crippen LogP contribution is 2.33. The van der Waals surface area contributed by atoms with Gasteiger partial charge >= 0.3 is 11.4 Å². The topological polar surface area (TPSA) is 207 Å². The Hall–Kier alpha value is -5.20. The average Bonchev–Trinajstić information content (AvgIpc) is 3.10. The second kappa shape index (κ2) is 18.3. The van der Waals surface area contributed by atoms with E-state index in [4.69, 9.17) is 48.9 Å². The van der Waals surface area contributed by atoms with Crippen LogP contribution in [0.3, 0.4) is 0 Å².